The quantitative estimate of drug-likeness (QED) is 0.613. The molecule has 30 heavy (non-hydrogen) atoms. The third kappa shape index (κ3) is 4.41. The molecular weight excluding hydrogens is 378 g/mol. The number of hydrogen-bond donors (Lipinski definition) is 2. The third-order valence-electron chi connectivity index (χ3n) is 5.98. The van der Waals surface area contributed by atoms with Crippen LogP contribution < -0.4 is 10.9 Å². The normalized spacial score (nSPS) is 20.1. The van der Waals surface area contributed by atoms with Crippen LogP contribution in [-0.2, 0) is 11.3 Å². The van der Waals surface area contributed by atoms with E-state index in [1.807, 2.05) is 25.1 Å². The lowest BCUT2D eigenvalue weighted by Gasteiger charge is -2.34. The summed E-state index contributed by atoms with van der Waals surface area (Å²) in [6.45, 7) is 10.4. The largest absolute Gasteiger partial charge is 0.354 e. The highest BCUT2D eigenvalue weighted by Crippen LogP contribution is 2.23. The minimum absolute atomic E-state index is 0.0685. The zero-order valence-electron chi connectivity index (χ0n) is 18.1. The number of aromatic amines is 1. The molecule has 1 saturated heterocycles. The van der Waals surface area contributed by atoms with Gasteiger partial charge in [0.1, 0.15) is 12.1 Å². The van der Waals surface area contributed by atoms with Crippen molar-refractivity contribution in [3.05, 3.63) is 40.3 Å². The number of hydrogen-bond acceptors (Lipinski definition) is 4. The Morgan fingerprint density at radius 3 is 2.77 bits per heavy atom. The molecule has 7 heteroatoms. The predicted molar refractivity (Wildman–Crippen MR) is 120 cm³/mol. The molecule has 1 aliphatic rings. The summed E-state index contributed by atoms with van der Waals surface area (Å²) in [6.07, 6.45) is 3.88. The van der Waals surface area contributed by atoms with Crippen LogP contribution in [0, 0.1) is 18.8 Å². The molecule has 2 atom stereocenters. The van der Waals surface area contributed by atoms with E-state index in [0.29, 0.717) is 12.1 Å². The van der Waals surface area contributed by atoms with Crippen molar-refractivity contribution in [2.45, 2.75) is 40.2 Å². The lowest BCUT2D eigenvalue weighted by molar-refractivity contribution is -0.121. The summed E-state index contributed by atoms with van der Waals surface area (Å²) < 4.78 is 1.23. The van der Waals surface area contributed by atoms with Crippen LogP contribution in [0.5, 0.6) is 0 Å². The van der Waals surface area contributed by atoms with E-state index < -0.39 is 0 Å². The van der Waals surface area contributed by atoms with E-state index in [9.17, 15) is 9.59 Å². The average Bonchev–Trinajstić information content (AvgIpc) is 3.05. The van der Waals surface area contributed by atoms with Gasteiger partial charge in [-0.2, -0.15) is 5.10 Å². The second kappa shape index (κ2) is 8.60. The Hall–Kier alpha value is -2.67. The number of piperidine rings is 1. The van der Waals surface area contributed by atoms with Crippen LogP contribution in [0.2, 0.25) is 0 Å². The fraction of sp³-hybridized carbons (Fsp3) is 0.522. The molecule has 0 aliphatic carbocycles. The molecule has 2 aromatic heterocycles. The van der Waals surface area contributed by atoms with Crippen LogP contribution in [0.15, 0.2) is 29.2 Å². The van der Waals surface area contributed by atoms with Gasteiger partial charge < -0.3 is 15.2 Å². The number of rotatable bonds is 6. The van der Waals surface area contributed by atoms with Gasteiger partial charge in [-0.05, 0) is 50.3 Å². The van der Waals surface area contributed by atoms with Crippen LogP contribution in [-0.4, -0.2) is 51.8 Å². The van der Waals surface area contributed by atoms with Crippen LogP contribution in [0.3, 0.4) is 0 Å². The van der Waals surface area contributed by atoms with Crippen molar-refractivity contribution in [3.8, 4) is 0 Å². The highest BCUT2D eigenvalue weighted by molar-refractivity contribution is 6.06. The summed E-state index contributed by atoms with van der Waals surface area (Å²) in [5, 5.41) is 8.93. The highest BCUT2D eigenvalue weighted by atomic mass is 16.2. The Bertz CT molecular complexity index is 1110. The van der Waals surface area contributed by atoms with E-state index >= 15 is 0 Å². The van der Waals surface area contributed by atoms with Crippen molar-refractivity contribution in [3.63, 3.8) is 0 Å². The Morgan fingerprint density at radius 1 is 1.23 bits per heavy atom. The molecule has 3 heterocycles. The van der Waals surface area contributed by atoms with Crippen molar-refractivity contribution in [2.75, 3.05) is 26.2 Å². The van der Waals surface area contributed by atoms with E-state index in [1.165, 1.54) is 11.1 Å². The van der Waals surface area contributed by atoms with Gasteiger partial charge >= 0.3 is 0 Å². The number of carbonyl (C=O) groups is 1. The Morgan fingerprint density at radius 2 is 2.00 bits per heavy atom. The third-order valence-corrected chi connectivity index (χ3v) is 5.98. The molecule has 0 bridgehead atoms. The first-order valence-corrected chi connectivity index (χ1v) is 10.9. The van der Waals surface area contributed by atoms with E-state index in [2.05, 4.69) is 34.1 Å². The number of benzene rings is 1. The molecule has 1 fully saturated rings. The lowest BCUT2D eigenvalue weighted by atomic mass is 9.92. The first-order chi connectivity index (χ1) is 14.4. The Kier molecular flexibility index (Phi) is 5.90. The number of H-pyrrole nitrogens is 1. The molecular formula is C23H31N5O2. The number of amides is 1. The number of carbonyl (C=O) groups excluding carboxylic acids is 1. The second-order valence-electron chi connectivity index (χ2n) is 8.98. The van der Waals surface area contributed by atoms with E-state index in [1.54, 1.807) is 6.20 Å². The molecule has 2 unspecified atom stereocenters. The molecule has 0 saturated carbocycles. The van der Waals surface area contributed by atoms with Crippen LogP contribution >= 0.6 is 0 Å². The molecule has 7 nitrogen and oxygen atoms in total. The SMILES string of the molecule is Cc1ccc2[nH]c3c(=O)n(CC(=O)NCCCN4CC(C)CC(C)C4)ncc3c2c1. The Balaban J connectivity index is 1.34. The van der Waals surface area contributed by atoms with E-state index in [-0.39, 0.29) is 18.0 Å². The average molecular weight is 410 g/mol. The topological polar surface area (TPSA) is 83.0 Å². The number of fused-ring (bicyclic) bond motifs is 3. The molecule has 1 aromatic carbocycles. The van der Waals surface area contributed by atoms with Crippen LogP contribution in [0.4, 0.5) is 0 Å². The van der Waals surface area contributed by atoms with Crippen molar-refractivity contribution in [1.82, 2.24) is 25.0 Å². The summed E-state index contributed by atoms with van der Waals surface area (Å²) in [6, 6.07) is 6.00. The molecule has 1 aliphatic heterocycles. The van der Waals surface area contributed by atoms with Crippen molar-refractivity contribution < 1.29 is 4.79 Å². The summed E-state index contributed by atoms with van der Waals surface area (Å²) >= 11 is 0. The molecule has 1 amide bonds. The van der Waals surface area contributed by atoms with Gasteiger partial charge in [-0.15, -0.1) is 0 Å². The number of nitrogens with zero attached hydrogens (tertiary/aromatic N) is 3. The minimum Gasteiger partial charge on any atom is -0.354 e. The van der Waals surface area contributed by atoms with Crippen molar-refractivity contribution in [1.29, 1.82) is 0 Å². The fourth-order valence-electron chi connectivity index (χ4n) is 4.75. The molecule has 160 valence electrons. The summed E-state index contributed by atoms with van der Waals surface area (Å²) in [5.41, 5.74) is 2.25. The minimum atomic E-state index is -0.271. The molecule has 0 radical (unpaired) electrons. The number of nitrogens with one attached hydrogen (secondary N) is 2. The second-order valence-corrected chi connectivity index (χ2v) is 8.98. The first-order valence-electron chi connectivity index (χ1n) is 10.9. The maximum absolute atomic E-state index is 12.8. The lowest BCUT2D eigenvalue weighted by Crippen LogP contribution is -2.40. The van der Waals surface area contributed by atoms with Gasteiger partial charge in [0.2, 0.25) is 5.91 Å². The van der Waals surface area contributed by atoms with Gasteiger partial charge in [0.25, 0.3) is 5.56 Å². The number of aromatic nitrogens is 3. The summed E-state index contributed by atoms with van der Waals surface area (Å²) in [7, 11) is 0. The van der Waals surface area contributed by atoms with Crippen molar-refractivity contribution >= 4 is 27.7 Å². The molecule has 3 aromatic rings. The van der Waals surface area contributed by atoms with Gasteiger partial charge in [0.05, 0.1) is 6.20 Å². The maximum Gasteiger partial charge on any atom is 0.291 e. The number of likely N-dealkylation sites (tertiary alicyclic amines) is 1. The maximum atomic E-state index is 12.8. The van der Waals surface area contributed by atoms with Gasteiger partial charge in [-0.1, -0.05) is 25.5 Å². The van der Waals surface area contributed by atoms with Gasteiger partial charge in [-0.25, -0.2) is 4.68 Å². The highest BCUT2D eigenvalue weighted by Gasteiger charge is 2.21. The smallest absolute Gasteiger partial charge is 0.291 e. The number of aryl methyl sites for hydroxylation is 1. The Labute approximate surface area is 176 Å². The van der Waals surface area contributed by atoms with Gasteiger partial charge in [0.15, 0.2) is 0 Å². The van der Waals surface area contributed by atoms with E-state index in [0.717, 1.165) is 59.7 Å². The fourth-order valence-corrected chi connectivity index (χ4v) is 4.75. The standard InChI is InChI=1S/C23H31N5O2/c1-15-5-6-20-18(10-15)19-11-25-28(23(30)22(19)26-20)14-21(29)24-7-4-8-27-12-16(2)9-17(3)13-27/h5-6,10-11,16-17,26H,4,7-9,12-14H2,1-3H3,(H,24,29). The predicted octanol–water partition coefficient (Wildman–Crippen LogP) is 2.67. The monoisotopic (exact) mass is 409 g/mol. The molecule has 0 spiro atoms. The first kappa shape index (κ1) is 20.6. The van der Waals surface area contributed by atoms with Crippen LogP contribution in [0.1, 0.15) is 32.3 Å². The van der Waals surface area contributed by atoms with E-state index in [4.69, 9.17) is 0 Å². The van der Waals surface area contributed by atoms with Gasteiger partial charge in [-0.3, -0.25) is 9.59 Å². The molecule has 2 N–H and O–H groups in total. The van der Waals surface area contributed by atoms with Crippen molar-refractivity contribution in [2.24, 2.45) is 11.8 Å². The zero-order valence-corrected chi connectivity index (χ0v) is 18.1. The molecule has 4 rings (SSSR count). The summed E-state index contributed by atoms with van der Waals surface area (Å²) in [4.78, 5) is 30.8. The zero-order chi connectivity index (χ0) is 21.3. The van der Waals surface area contributed by atoms with Crippen LogP contribution in [0.25, 0.3) is 21.8 Å². The summed E-state index contributed by atoms with van der Waals surface area (Å²) in [5.74, 6) is 1.30. The van der Waals surface area contributed by atoms with Gasteiger partial charge in [0, 0.05) is 35.9 Å².